The van der Waals surface area contributed by atoms with Crippen molar-refractivity contribution in [1.29, 1.82) is 0 Å². The SMILES string of the molecule is CCC(CCNC)OCC#Cc1ccc2c(c1)CN(C1CCC(=O)NC1=O)C2=O. The molecule has 1 aromatic rings. The molecule has 1 saturated heterocycles. The Hall–Kier alpha value is -2.69. The van der Waals surface area contributed by atoms with Crippen LogP contribution < -0.4 is 10.6 Å². The molecule has 3 rings (SSSR count). The molecule has 2 aliphatic rings. The van der Waals surface area contributed by atoms with Crippen molar-refractivity contribution >= 4 is 17.7 Å². The van der Waals surface area contributed by atoms with Gasteiger partial charge in [-0.25, -0.2) is 0 Å². The average Bonchev–Trinajstić information content (AvgIpc) is 3.03. The summed E-state index contributed by atoms with van der Waals surface area (Å²) in [5.41, 5.74) is 2.26. The molecule has 2 heterocycles. The first kappa shape index (κ1) is 21.0. The van der Waals surface area contributed by atoms with Crippen molar-refractivity contribution in [2.24, 2.45) is 0 Å². The normalized spacial score (nSPS) is 19.4. The van der Waals surface area contributed by atoms with E-state index >= 15 is 0 Å². The van der Waals surface area contributed by atoms with Gasteiger partial charge in [0.25, 0.3) is 5.91 Å². The van der Waals surface area contributed by atoms with Crippen LogP contribution in [0.15, 0.2) is 18.2 Å². The predicted molar refractivity (Wildman–Crippen MR) is 108 cm³/mol. The van der Waals surface area contributed by atoms with E-state index in [0.717, 1.165) is 30.5 Å². The largest absolute Gasteiger partial charge is 0.366 e. The van der Waals surface area contributed by atoms with Gasteiger partial charge in [0.15, 0.2) is 0 Å². The first-order chi connectivity index (χ1) is 14.0. The fraction of sp³-hybridized carbons (Fsp3) is 0.500. The number of benzene rings is 1. The number of amides is 3. The number of hydrogen-bond donors (Lipinski definition) is 2. The van der Waals surface area contributed by atoms with Gasteiger partial charge >= 0.3 is 0 Å². The van der Waals surface area contributed by atoms with E-state index in [4.69, 9.17) is 4.74 Å². The van der Waals surface area contributed by atoms with Gasteiger partial charge in [0, 0.05) is 24.1 Å². The summed E-state index contributed by atoms with van der Waals surface area (Å²) in [5.74, 6) is 5.27. The molecule has 0 bridgehead atoms. The maximum absolute atomic E-state index is 12.7. The van der Waals surface area contributed by atoms with Crippen LogP contribution in [-0.2, 0) is 20.9 Å². The zero-order chi connectivity index (χ0) is 20.8. The Kier molecular flexibility index (Phi) is 7.02. The van der Waals surface area contributed by atoms with Crippen LogP contribution in [0.3, 0.4) is 0 Å². The van der Waals surface area contributed by atoms with Crippen LogP contribution in [0.5, 0.6) is 0 Å². The minimum Gasteiger partial charge on any atom is -0.366 e. The van der Waals surface area contributed by atoms with Crippen molar-refractivity contribution in [3.8, 4) is 11.8 Å². The van der Waals surface area contributed by atoms with Crippen LogP contribution in [0.2, 0.25) is 0 Å². The molecule has 0 aliphatic carbocycles. The van der Waals surface area contributed by atoms with Gasteiger partial charge in [0.05, 0.1) is 6.10 Å². The van der Waals surface area contributed by atoms with Crippen LogP contribution in [0.1, 0.15) is 54.1 Å². The van der Waals surface area contributed by atoms with Gasteiger partial charge < -0.3 is 15.0 Å². The first-order valence-corrected chi connectivity index (χ1v) is 10.1. The highest BCUT2D eigenvalue weighted by molar-refractivity contribution is 6.05. The van der Waals surface area contributed by atoms with Gasteiger partial charge in [-0.1, -0.05) is 18.8 Å². The molecule has 0 saturated carbocycles. The number of rotatable bonds is 7. The van der Waals surface area contributed by atoms with Crippen molar-refractivity contribution in [3.63, 3.8) is 0 Å². The molecule has 0 radical (unpaired) electrons. The predicted octanol–water partition coefficient (Wildman–Crippen LogP) is 1.20. The van der Waals surface area contributed by atoms with E-state index in [1.807, 2.05) is 19.2 Å². The van der Waals surface area contributed by atoms with Crippen LogP contribution in [0.4, 0.5) is 0 Å². The molecular weight excluding hydrogens is 370 g/mol. The monoisotopic (exact) mass is 397 g/mol. The minimum absolute atomic E-state index is 0.173. The Balaban J connectivity index is 1.61. The molecule has 2 unspecified atom stereocenters. The molecule has 0 aromatic heterocycles. The summed E-state index contributed by atoms with van der Waals surface area (Å²) in [5, 5.41) is 5.43. The number of nitrogens with one attached hydrogen (secondary N) is 2. The van der Waals surface area contributed by atoms with Crippen molar-refractivity contribution in [2.45, 2.75) is 51.3 Å². The van der Waals surface area contributed by atoms with E-state index in [1.54, 1.807) is 11.0 Å². The summed E-state index contributed by atoms with van der Waals surface area (Å²) in [6, 6.07) is 4.87. The molecule has 1 aromatic carbocycles. The molecular formula is C22H27N3O4. The number of piperidine rings is 1. The number of carbonyl (C=O) groups excluding carboxylic acids is 3. The molecule has 2 aliphatic heterocycles. The minimum atomic E-state index is -0.598. The van der Waals surface area contributed by atoms with Crippen molar-refractivity contribution in [2.75, 3.05) is 20.2 Å². The number of hydrogen-bond acceptors (Lipinski definition) is 5. The zero-order valence-corrected chi connectivity index (χ0v) is 16.9. The zero-order valence-electron chi connectivity index (χ0n) is 16.9. The van der Waals surface area contributed by atoms with E-state index in [9.17, 15) is 14.4 Å². The second-order valence-electron chi connectivity index (χ2n) is 7.31. The highest BCUT2D eigenvalue weighted by Gasteiger charge is 2.38. The van der Waals surface area contributed by atoms with E-state index in [2.05, 4.69) is 29.4 Å². The molecule has 2 N–H and O–H groups in total. The summed E-state index contributed by atoms with van der Waals surface area (Å²) >= 11 is 0. The maximum Gasteiger partial charge on any atom is 0.255 e. The van der Waals surface area contributed by atoms with Gasteiger partial charge in [-0.2, -0.15) is 0 Å². The number of nitrogens with zero attached hydrogens (tertiary/aromatic N) is 1. The molecule has 7 nitrogen and oxygen atoms in total. The van der Waals surface area contributed by atoms with Crippen LogP contribution in [0, 0.1) is 11.8 Å². The summed E-state index contributed by atoms with van der Waals surface area (Å²) in [6.07, 6.45) is 2.70. The third kappa shape index (κ3) is 5.03. The number of imide groups is 1. The fourth-order valence-corrected chi connectivity index (χ4v) is 3.66. The van der Waals surface area contributed by atoms with Gasteiger partial charge in [0.1, 0.15) is 12.6 Å². The summed E-state index contributed by atoms with van der Waals surface area (Å²) < 4.78 is 5.79. The van der Waals surface area contributed by atoms with Crippen LogP contribution in [-0.4, -0.2) is 55.0 Å². The number of ether oxygens (including phenoxy) is 1. The number of fused-ring (bicyclic) bond motifs is 1. The second-order valence-corrected chi connectivity index (χ2v) is 7.31. The van der Waals surface area contributed by atoms with E-state index in [-0.39, 0.29) is 24.3 Å². The Morgan fingerprint density at radius 1 is 1.34 bits per heavy atom. The molecule has 29 heavy (non-hydrogen) atoms. The van der Waals surface area contributed by atoms with Gasteiger partial charge in [-0.3, -0.25) is 19.7 Å². The van der Waals surface area contributed by atoms with E-state index < -0.39 is 11.9 Å². The highest BCUT2D eigenvalue weighted by Crippen LogP contribution is 2.28. The number of carbonyl (C=O) groups is 3. The second kappa shape index (κ2) is 9.68. The maximum atomic E-state index is 12.7. The van der Waals surface area contributed by atoms with Crippen molar-refractivity contribution < 1.29 is 19.1 Å². The smallest absolute Gasteiger partial charge is 0.255 e. The highest BCUT2D eigenvalue weighted by atomic mass is 16.5. The van der Waals surface area contributed by atoms with Crippen LogP contribution >= 0.6 is 0 Å². The Bertz CT molecular complexity index is 855. The lowest BCUT2D eigenvalue weighted by atomic mass is 10.0. The third-order valence-corrected chi connectivity index (χ3v) is 5.32. The fourth-order valence-electron chi connectivity index (χ4n) is 3.66. The third-order valence-electron chi connectivity index (χ3n) is 5.32. The average molecular weight is 397 g/mol. The topological polar surface area (TPSA) is 87.7 Å². The van der Waals surface area contributed by atoms with Gasteiger partial charge in [-0.15, -0.1) is 0 Å². The van der Waals surface area contributed by atoms with Crippen molar-refractivity contribution in [1.82, 2.24) is 15.5 Å². The lowest BCUT2D eigenvalue weighted by Crippen LogP contribution is -2.52. The van der Waals surface area contributed by atoms with Crippen molar-refractivity contribution in [3.05, 3.63) is 34.9 Å². The summed E-state index contributed by atoms with van der Waals surface area (Å²) in [6.45, 7) is 3.73. The lowest BCUT2D eigenvalue weighted by molar-refractivity contribution is -0.136. The molecule has 2 atom stereocenters. The van der Waals surface area contributed by atoms with Gasteiger partial charge in [-0.05, 0) is 56.6 Å². The quantitative estimate of drug-likeness (QED) is 0.533. The standard InChI is InChI=1S/C22H27N3O4/c1-3-17(10-11-23-2)29-12-4-5-15-6-7-18-16(13-15)14-25(22(18)28)19-8-9-20(26)24-21(19)27/h6-7,13,17,19,23H,3,8-12,14H2,1-2H3,(H,24,26,27). The summed E-state index contributed by atoms with van der Waals surface area (Å²) in [7, 11) is 1.92. The molecule has 7 heteroatoms. The van der Waals surface area contributed by atoms with Gasteiger partial charge in [0.2, 0.25) is 11.8 Å². The molecule has 0 spiro atoms. The Morgan fingerprint density at radius 2 is 2.17 bits per heavy atom. The lowest BCUT2D eigenvalue weighted by Gasteiger charge is -2.29. The Morgan fingerprint density at radius 3 is 2.90 bits per heavy atom. The first-order valence-electron chi connectivity index (χ1n) is 10.1. The summed E-state index contributed by atoms with van der Waals surface area (Å²) in [4.78, 5) is 37.7. The van der Waals surface area contributed by atoms with E-state index in [0.29, 0.717) is 25.1 Å². The molecule has 154 valence electrons. The molecule has 3 amide bonds. The molecule has 1 fully saturated rings. The Labute approximate surface area is 171 Å². The van der Waals surface area contributed by atoms with E-state index in [1.165, 1.54) is 0 Å². The van der Waals surface area contributed by atoms with Crippen LogP contribution in [0.25, 0.3) is 0 Å².